The summed E-state index contributed by atoms with van der Waals surface area (Å²) in [7, 11) is 0. The van der Waals surface area contributed by atoms with Crippen molar-refractivity contribution < 1.29 is 14.0 Å². The molecule has 6 nitrogen and oxygen atoms in total. The fourth-order valence-electron chi connectivity index (χ4n) is 3.56. The number of anilines is 1. The Morgan fingerprint density at radius 3 is 2.81 bits per heavy atom. The minimum atomic E-state index is 0.00122. The Bertz CT molecular complexity index is 809. The third-order valence-corrected chi connectivity index (χ3v) is 6.05. The number of rotatable bonds is 4. The van der Waals surface area contributed by atoms with Crippen LogP contribution in [0.4, 0.5) is 5.69 Å². The van der Waals surface area contributed by atoms with Crippen molar-refractivity contribution in [1.29, 1.82) is 0 Å². The SMILES string of the molecule is O=C(CN1C(=O)CSc2ccccc21)N1CCCN(Cc2ccco2)CC1. The van der Waals surface area contributed by atoms with Crippen molar-refractivity contribution in [2.24, 2.45) is 0 Å². The van der Waals surface area contributed by atoms with Crippen LogP contribution in [0.25, 0.3) is 0 Å². The number of para-hydroxylation sites is 1. The molecule has 142 valence electrons. The van der Waals surface area contributed by atoms with Gasteiger partial charge < -0.3 is 14.2 Å². The first-order valence-electron chi connectivity index (χ1n) is 9.25. The zero-order valence-corrected chi connectivity index (χ0v) is 16.0. The Morgan fingerprint density at radius 2 is 1.96 bits per heavy atom. The summed E-state index contributed by atoms with van der Waals surface area (Å²) in [6, 6.07) is 11.7. The van der Waals surface area contributed by atoms with E-state index in [4.69, 9.17) is 4.42 Å². The Labute approximate surface area is 163 Å². The topological polar surface area (TPSA) is 57.0 Å². The number of amides is 2. The summed E-state index contributed by atoms with van der Waals surface area (Å²) in [6.45, 7) is 4.04. The van der Waals surface area contributed by atoms with E-state index in [2.05, 4.69) is 4.90 Å². The van der Waals surface area contributed by atoms with Crippen molar-refractivity contribution in [3.63, 3.8) is 0 Å². The van der Waals surface area contributed by atoms with Crippen LogP contribution in [-0.4, -0.2) is 60.1 Å². The summed E-state index contributed by atoms with van der Waals surface area (Å²) in [5.41, 5.74) is 0.848. The van der Waals surface area contributed by atoms with E-state index < -0.39 is 0 Å². The Kier molecular flexibility index (Phi) is 5.50. The number of fused-ring (bicyclic) bond motifs is 1. The summed E-state index contributed by atoms with van der Waals surface area (Å²) in [5, 5.41) is 0. The zero-order valence-electron chi connectivity index (χ0n) is 15.2. The second kappa shape index (κ2) is 8.19. The highest BCUT2D eigenvalue weighted by molar-refractivity contribution is 8.00. The molecule has 4 rings (SSSR count). The molecule has 3 heterocycles. The van der Waals surface area contributed by atoms with Crippen molar-refractivity contribution >= 4 is 29.3 Å². The summed E-state index contributed by atoms with van der Waals surface area (Å²) in [4.78, 5) is 32.2. The standard InChI is InChI=1S/C20H23N3O3S/c24-19(14-23-17-6-1-2-7-18(17)27-15-20(23)25)22-9-4-8-21(10-11-22)13-16-5-3-12-26-16/h1-3,5-7,12H,4,8-11,13-15H2. The van der Waals surface area contributed by atoms with E-state index >= 15 is 0 Å². The summed E-state index contributed by atoms with van der Waals surface area (Å²) >= 11 is 1.54. The molecule has 0 aliphatic carbocycles. The molecule has 1 aromatic carbocycles. The van der Waals surface area contributed by atoms with Gasteiger partial charge in [-0.3, -0.25) is 14.5 Å². The third-order valence-electron chi connectivity index (χ3n) is 5.00. The average molecular weight is 385 g/mol. The molecule has 27 heavy (non-hydrogen) atoms. The van der Waals surface area contributed by atoms with Crippen molar-refractivity contribution in [3.8, 4) is 0 Å². The number of carbonyl (C=O) groups is 2. The molecule has 0 radical (unpaired) electrons. The van der Waals surface area contributed by atoms with E-state index in [1.54, 1.807) is 11.2 Å². The molecule has 2 aromatic rings. The van der Waals surface area contributed by atoms with Crippen LogP contribution in [-0.2, 0) is 16.1 Å². The molecule has 2 amide bonds. The number of hydrogen-bond donors (Lipinski definition) is 0. The van der Waals surface area contributed by atoms with Gasteiger partial charge in [-0.15, -0.1) is 11.8 Å². The van der Waals surface area contributed by atoms with Gasteiger partial charge in [0.05, 0.1) is 24.2 Å². The van der Waals surface area contributed by atoms with Gasteiger partial charge in [0.2, 0.25) is 11.8 Å². The molecular formula is C20H23N3O3S. The number of hydrogen-bond acceptors (Lipinski definition) is 5. The van der Waals surface area contributed by atoms with Gasteiger partial charge in [-0.2, -0.15) is 0 Å². The maximum atomic E-state index is 12.9. The van der Waals surface area contributed by atoms with E-state index in [1.165, 1.54) is 11.8 Å². The zero-order chi connectivity index (χ0) is 18.6. The Morgan fingerprint density at radius 1 is 1.07 bits per heavy atom. The van der Waals surface area contributed by atoms with Crippen LogP contribution in [0.15, 0.2) is 52.0 Å². The lowest BCUT2D eigenvalue weighted by Crippen LogP contribution is -2.46. The van der Waals surface area contributed by atoms with Crippen LogP contribution >= 0.6 is 11.8 Å². The summed E-state index contributed by atoms with van der Waals surface area (Å²) < 4.78 is 5.43. The molecule has 0 atom stereocenters. The third kappa shape index (κ3) is 4.20. The second-order valence-corrected chi connectivity index (χ2v) is 7.84. The quantitative estimate of drug-likeness (QED) is 0.809. The van der Waals surface area contributed by atoms with Gasteiger partial charge in [0, 0.05) is 31.1 Å². The molecule has 1 aromatic heterocycles. The first-order chi connectivity index (χ1) is 13.2. The molecule has 0 saturated carbocycles. The van der Waals surface area contributed by atoms with Crippen LogP contribution in [0, 0.1) is 0 Å². The number of thioether (sulfide) groups is 1. The Hall–Kier alpha value is -2.25. The predicted molar refractivity (Wildman–Crippen MR) is 105 cm³/mol. The van der Waals surface area contributed by atoms with Gasteiger partial charge in [0.25, 0.3) is 0 Å². The lowest BCUT2D eigenvalue weighted by Gasteiger charge is -2.30. The highest BCUT2D eigenvalue weighted by atomic mass is 32.2. The van der Waals surface area contributed by atoms with E-state index in [0.717, 1.165) is 48.9 Å². The van der Waals surface area contributed by atoms with Gasteiger partial charge in [-0.05, 0) is 30.7 Å². The van der Waals surface area contributed by atoms with Crippen LogP contribution in [0.5, 0.6) is 0 Å². The van der Waals surface area contributed by atoms with E-state index in [-0.39, 0.29) is 18.4 Å². The molecule has 2 aliphatic heterocycles. The molecule has 0 N–H and O–H groups in total. The highest BCUT2D eigenvalue weighted by Gasteiger charge is 2.28. The molecule has 1 fully saturated rings. The second-order valence-electron chi connectivity index (χ2n) is 6.83. The highest BCUT2D eigenvalue weighted by Crippen LogP contribution is 2.34. The van der Waals surface area contributed by atoms with E-state index in [0.29, 0.717) is 12.3 Å². The number of benzene rings is 1. The minimum absolute atomic E-state index is 0.00122. The minimum Gasteiger partial charge on any atom is -0.468 e. The maximum Gasteiger partial charge on any atom is 0.242 e. The van der Waals surface area contributed by atoms with Crippen LogP contribution in [0.3, 0.4) is 0 Å². The van der Waals surface area contributed by atoms with Gasteiger partial charge in [0.15, 0.2) is 0 Å². The van der Waals surface area contributed by atoms with Gasteiger partial charge in [0.1, 0.15) is 12.3 Å². The first-order valence-corrected chi connectivity index (χ1v) is 10.2. The largest absolute Gasteiger partial charge is 0.468 e. The molecule has 2 aliphatic rings. The first kappa shape index (κ1) is 18.1. The molecular weight excluding hydrogens is 362 g/mol. The molecule has 1 saturated heterocycles. The van der Waals surface area contributed by atoms with Crippen molar-refractivity contribution in [2.45, 2.75) is 17.9 Å². The van der Waals surface area contributed by atoms with E-state index in [1.807, 2.05) is 41.3 Å². The molecule has 0 bridgehead atoms. The van der Waals surface area contributed by atoms with E-state index in [9.17, 15) is 9.59 Å². The lowest BCUT2D eigenvalue weighted by molar-refractivity contribution is -0.131. The van der Waals surface area contributed by atoms with Gasteiger partial charge >= 0.3 is 0 Å². The average Bonchev–Trinajstić information content (AvgIpc) is 3.08. The smallest absolute Gasteiger partial charge is 0.242 e. The van der Waals surface area contributed by atoms with Crippen LogP contribution in [0.1, 0.15) is 12.2 Å². The molecule has 0 spiro atoms. The van der Waals surface area contributed by atoms with Crippen molar-refractivity contribution in [2.75, 3.05) is 43.4 Å². The fourth-order valence-corrected chi connectivity index (χ4v) is 4.50. The number of carbonyl (C=O) groups excluding carboxylic acids is 2. The summed E-state index contributed by atoms with van der Waals surface area (Å²) in [6.07, 6.45) is 2.61. The van der Waals surface area contributed by atoms with Crippen molar-refractivity contribution in [3.05, 3.63) is 48.4 Å². The van der Waals surface area contributed by atoms with Crippen LogP contribution < -0.4 is 4.90 Å². The number of furan rings is 1. The lowest BCUT2D eigenvalue weighted by atomic mass is 10.2. The predicted octanol–water partition coefficient (Wildman–Crippen LogP) is 2.45. The normalized spacial score (nSPS) is 18.3. The summed E-state index contributed by atoms with van der Waals surface area (Å²) in [5.74, 6) is 1.36. The molecule has 0 unspecified atom stereocenters. The maximum absolute atomic E-state index is 12.9. The van der Waals surface area contributed by atoms with Crippen molar-refractivity contribution in [1.82, 2.24) is 9.80 Å². The monoisotopic (exact) mass is 385 g/mol. The molecule has 7 heteroatoms. The number of nitrogens with zero attached hydrogens (tertiary/aromatic N) is 3. The van der Waals surface area contributed by atoms with Crippen LogP contribution in [0.2, 0.25) is 0 Å². The Balaban J connectivity index is 1.38. The fraction of sp³-hybridized carbons (Fsp3) is 0.400. The van der Waals surface area contributed by atoms with Gasteiger partial charge in [-0.25, -0.2) is 0 Å². The van der Waals surface area contributed by atoms with Gasteiger partial charge in [-0.1, -0.05) is 12.1 Å².